The van der Waals surface area contributed by atoms with Gasteiger partial charge in [-0.25, -0.2) is 4.98 Å². The van der Waals surface area contributed by atoms with E-state index in [0.717, 1.165) is 36.1 Å². The minimum absolute atomic E-state index is 0.0349. The van der Waals surface area contributed by atoms with Gasteiger partial charge in [0.25, 0.3) is 5.56 Å². The zero-order chi connectivity index (χ0) is 22.1. The van der Waals surface area contributed by atoms with Crippen LogP contribution in [0.3, 0.4) is 0 Å². The van der Waals surface area contributed by atoms with E-state index >= 15 is 0 Å². The molecule has 0 saturated heterocycles. The molecule has 6 nitrogen and oxygen atoms in total. The van der Waals surface area contributed by atoms with E-state index in [9.17, 15) is 18.0 Å². The number of pyridine rings is 1. The molecule has 2 atom stereocenters. The van der Waals surface area contributed by atoms with Crippen LogP contribution in [0.4, 0.5) is 18.9 Å². The van der Waals surface area contributed by atoms with Crippen molar-refractivity contribution in [1.29, 1.82) is 0 Å². The Bertz CT molecular complexity index is 945. The lowest BCUT2D eigenvalue weighted by molar-refractivity contribution is -0.137. The fourth-order valence-corrected chi connectivity index (χ4v) is 4.21. The van der Waals surface area contributed by atoms with Crippen LogP contribution in [-0.2, 0) is 6.18 Å². The van der Waals surface area contributed by atoms with Crippen molar-refractivity contribution in [2.45, 2.75) is 44.3 Å². The van der Waals surface area contributed by atoms with E-state index in [1.165, 1.54) is 12.6 Å². The van der Waals surface area contributed by atoms with Gasteiger partial charge in [-0.15, -0.1) is 0 Å². The van der Waals surface area contributed by atoms with E-state index in [1.807, 2.05) is 14.1 Å². The number of anilines is 1. The highest BCUT2D eigenvalue weighted by molar-refractivity contribution is 6.32. The lowest BCUT2D eigenvalue weighted by Crippen LogP contribution is -2.52. The van der Waals surface area contributed by atoms with Gasteiger partial charge >= 0.3 is 6.18 Å². The Morgan fingerprint density at radius 3 is 2.63 bits per heavy atom. The second kappa shape index (κ2) is 8.55. The fraction of sp³-hybridized carbons (Fsp3) is 0.550. The number of halogens is 4. The summed E-state index contributed by atoms with van der Waals surface area (Å²) in [5.74, 6) is 0.572. The van der Waals surface area contributed by atoms with Crippen molar-refractivity contribution in [3.8, 4) is 5.82 Å². The zero-order valence-corrected chi connectivity index (χ0v) is 17.9. The predicted molar refractivity (Wildman–Crippen MR) is 110 cm³/mol. The molecule has 1 fully saturated rings. The summed E-state index contributed by atoms with van der Waals surface area (Å²) in [5, 5.41) is 7.22. The summed E-state index contributed by atoms with van der Waals surface area (Å²) >= 11 is 6.27. The highest BCUT2D eigenvalue weighted by Crippen LogP contribution is 2.36. The van der Waals surface area contributed by atoms with Crippen molar-refractivity contribution in [1.82, 2.24) is 19.7 Å². The van der Waals surface area contributed by atoms with Crippen molar-refractivity contribution < 1.29 is 13.2 Å². The Hall–Kier alpha value is -2.13. The number of aromatic nitrogens is 3. The standard InChI is InChI=1S/C20H25ClF3N5O/c1-13-5-4-8-19(9-13,28(2)3)12-26-15-11-27-29(18(30)17(15)21)16-7-6-14(10-25-16)20(22,23)24/h6-7,10-11,13,26H,4-5,8-9,12H2,1-3H3. The summed E-state index contributed by atoms with van der Waals surface area (Å²) in [6, 6.07) is 1.94. The summed E-state index contributed by atoms with van der Waals surface area (Å²) in [5.41, 5.74) is -1.21. The molecular formula is C20H25ClF3N5O. The molecule has 0 spiro atoms. The van der Waals surface area contributed by atoms with E-state index in [4.69, 9.17) is 11.6 Å². The lowest BCUT2D eigenvalue weighted by atomic mass is 9.75. The minimum atomic E-state index is -4.51. The van der Waals surface area contributed by atoms with Crippen LogP contribution in [-0.4, -0.2) is 45.8 Å². The van der Waals surface area contributed by atoms with Crippen LogP contribution in [0.25, 0.3) is 5.82 Å². The normalized spacial score (nSPS) is 22.3. The van der Waals surface area contributed by atoms with E-state index in [2.05, 4.69) is 27.2 Å². The molecule has 3 rings (SSSR count). The van der Waals surface area contributed by atoms with Gasteiger partial charge in [-0.3, -0.25) is 4.79 Å². The van der Waals surface area contributed by atoms with Crippen LogP contribution < -0.4 is 10.9 Å². The van der Waals surface area contributed by atoms with E-state index in [0.29, 0.717) is 24.3 Å². The molecular weight excluding hydrogens is 419 g/mol. The maximum Gasteiger partial charge on any atom is 0.417 e. The van der Waals surface area contributed by atoms with Crippen LogP contribution in [0, 0.1) is 5.92 Å². The lowest BCUT2D eigenvalue weighted by Gasteiger charge is -2.45. The first-order chi connectivity index (χ1) is 14.0. The van der Waals surface area contributed by atoms with Gasteiger partial charge in [-0.05, 0) is 45.0 Å². The number of likely N-dealkylation sites (N-methyl/N-ethyl adjacent to an activating group) is 1. The molecule has 2 heterocycles. The van der Waals surface area contributed by atoms with Crippen LogP contribution in [0.2, 0.25) is 5.02 Å². The van der Waals surface area contributed by atoms with Gasteiger partial charge in [0.05, 0.1) is 17.4 Å². The van der Waals surface area contributed by atoms with Crippen molar-refractivity contribution in [2.24, 2.45) is 5.92 Å². The maximum absolute atomic E-state index is 12.7. The molecule has 0 radical (unpaired) electrons. The molecule has 2 unspecified atom stereocenters. The summed E-state index contributed by atoms with van der Waals surface area (Å²) in [4.78, 5) is 18.6. The number of hydrogen-bond donors (Lipinski definition) is 1. The zero-order valence-electron chi connectivity index (χ0n) is 17.1. The Labute approximate surface area is 178 Å². The average Bonchev–Trinajstić information content (AvgIpc) is 2.68. The Morgan fingerprint density at radius 1 is 1.33 bits per heavy atom. The number of alkyl halides is 3. The van der Waals surface area contributed by atoms with Crippen molar-refractivity contribution in [2.75, 3.05) is 26.0 Å². The molecule has 1 aliphatic rings. The molecule has 1 aliphatic carbocycles. The molecule has 0 bridgehead atoms. The molecule has 30 heavy (non-hydrogen) atoms. The molecule has 0 aromatic carbocycles. The number of nitrogens with one attached hydrogen (secondary N) is 1. The molecule has 2 aromatic rings. The SMILES string of the molecule is CC1CCCC(CNc2cnn(-c3ccc(C(F)(F)F)cn3)c(=O)c2Cl)(N(C)C)C1. The molecule has 0 amide bonds. The summed E-state index contributed by atoms with van der Waals surface area (Å²) in [6.07, 6.45) is 1.96. The van der Waals surface area contributed by atoms with E-state index < -0.39 is 17.3 Å². The van der Waals surface area contributed by atoms with Crippen LogP contribution in [0.1, 0.15) is 38.2 Å². The maximum atomic E-state index is 12.7. The van der Waals surface area contributed by atoms with Crippen molar-refractivity contribution >= 4 is 17.3 Å². The second-order valence-corrected chi connectivity index (χ2v) is 8.54. The molecule has 1 N–H and O–H groups in total. The molecule has 10 heteroatoms. The Morgan fingerprint density at radius 2 is 2.07 bits per heavy atom. The smallest absolute Gasteiger partial charge is 0.381 e. The van der Waals surface area contributed by atoms with Crippen LogP contribution >= 0.6 is 11.6 Å². The summed E-state index contributed by atoms with van der Waals surface area (Å²) in [6.45, 7) is 2.85. The third kappa shape index (κ3) is 4.62. The largest absolute Gasteiger partial charge is 0.417 e. The topological polar surface area (TPSA) is 63.1 Å². The molecule has 1 saturated carbocycles. The highest BCUT2D eigenvalue weighted by atomic mass is 35.5. The van der Waals surface area contributed by atoms with Gasteiger partial charge in [0.1, 0.15) is 5.02 Å². The molecule has 2 aromatic heterocycles. The van der Waals surface area contributed by atoms with Gasteiger partial charge in [0, 0.05) is 18.3 Å². The van der Waals surface area contributed by atoms with Crippen molar-refractivity contribution in [3.63, 3.8) is 0 Å². The molecule has 164 valence electrons. The van der Waals surface area contributed by atoms with Crippen LogP contribution in [0.5, 0.6) is 0 Å². The average molecular weight is 444 g/mol. The third-order valence-corrected chi connectivity index (χ3v) is 6.20. The predicted octanol–water partition coefficient (Wildman–Crippen LogP) is 4.22. The van der Waals surface area contributed by atoms with Gasteiger partial charge in [-0.2, -0.15) is 23.0 Å². The summed E-state index contributed by atoms with van der Waals surface area (Å²) in [7, 11) is 4.10. The first kappa shape index (κ1) is 22.6. The van der Waals surface area contributed by atoms with E-state index in [1.54, 1.807) is 0 Å². The van der Waals surface area contributed by atoms with Crippen LogP contribution in [0.15, 0.2) is 29.3 Å². The van der Waals surface area contributed by atoms with E-state index in [-0.39, 0.29) is 16.4 Å². The first-order valence-electron chi connectivity index (χ1n) is 9.76. The fourth-order valence-electron chi connectivity index (χ4n) is 4.02. The monoisotopic (exact) mass is 443 g/mol. The summed E-state index contributed by atoms with van der Waals surface area (Å²) < 4.78 is 39.0. The number of nitrogens with zero attached hydrogens (tertiary/aromatic N) is 4. The second-order valence-electron chi connectivity index (χ2n) is 8.17. The molecule has 0 aliphatic heterocycles. The quantitative estimate of drug-likeness (QED) is 0.749. The van der Waals surface area contributed by atoms with Gasteiger partial charge in [-0.1, -0.05) is 31.4 Å². The minimum Gasteiger partial charge on any atom is -0.381 e. The Balaban J connectivity index is 1.82. The number of rotatable bonds is 5. The van der Waals surface area contributed by atoms with Gasteiger partial charge < -0.3 is 10.2 Å². The highest BCUT2D eigenvalue weighted by Gasteiger charge is 2.37. The third-order valence-electron chi connectivity index (χ3n) is 5.84. The van der Waals surface area contributed by atoms with Crippen molar-refractivity contribution in [3.05, 3.63) is 45.5 Å². The number of hydrogen-bond acceptors (Lipinski definition) is 5. The Kier molecular flexibility index (Phi) is 6.43. The van der Waals surface area contributed by atoms with Gasteiger partial charge in [0.15, 0.2) is 5.82 Å². The first-order valence-corrected chi connectivity index (χ1v) is 10.1. The van der Waals surface area contributed by atoms with Gasteiger partial charge in [0.2, 0.25) is 0 Å².